The Hall–Kier alpha value is -2.31. The lowest BCUT2D eigenvalue weighted by Gasteiger charge is -2.22. The van der Waals surface area contributed by atoms with Crippen molar-refractivity contribution in [2.45, 2.75) is 32.4 Å². The number of benzene rings is 1. The van der Waals surface area contributed by atoms with E-state index in [9.17, 15) is 9.59 Å². The molecule has 1 aliphatic carbocycles. The topological polar surface area (TPSA) is 59.8 Å². The van der Waals surface area contributed by atoms with Crippen LogP contribution in [0, 0.1) is 6.92 Å². The van der Waals surface area contributed by atoms with E-state index in [1.54, 1.807) is 23.5 Å². The fourth-order valence-corrected chi connectivity index (χ4v) is 3.92. The summed E-state index contributed by atoms with van der Waals surface area (Å²) in [5.41, 5.74) is 1.87. The summed E-state index contributed by atoms with van der Waals surface area (Å²) in [6.07, 6.45) is 2.05. The third-order valence-electron chi connectivity index (χ3n) is 4.60. The average Bonchev–Trinajstić information content (AvgIpc) is 3.34. The maximum Gasteiger partial charge on any atom is 0.336 e. The van der Waals surface area contributed by atoms with Gasteiger partial charge in [0.15, 0.2) is 6.61 Å². The Morgan fingerprint density at radius 2 is 2.19 bits per heavy atom. The van der Waals surface area contributed by atoms with Gasteiger partial charge in [0, 0.05) is 30.1 Å². The van der Waals surface area contributed by atoms with Crippen LogP contribution in [0.1, 0.15) is 24.0 Å². The monoisotopic (exact) mass is 403 g/mol. The first-order chi connectivity index (χ1) is 13.0. The fourth-order valence-electron chi connectivity index (χ4n) is 3.04. The fraction of sp³-hybridized carbons (Fsp3) is 0.300. The number of thiophene rings is 1. The van der Waals surface area contributed by atoms with E-state index in [1.807, 2.05) is 28.7 Å². The molecule has 0 bridgehead atoms. The highest BCUT2D eigenvalue weighted by atomic mass is 35.5. The standard InChI is InChI=1S/C20H18ClNO4S/c1-12-6-20(24)26-17-8-18(16(21)7-15(12)17)25-10-19(23)22(14-2-3-14)9-13-4-5-27-11-13/h4-8,11,14H,2-3,9-10H2,1H3. The number of nitrogens with zero attached hydrogens (tertiary/aromatic N) is 1. The van der Waals surface area contributed by atoms with Crippen LogP contribution in [0.25, 0.3) is 11.0 Å². The zero-order valence-corrected chi connectivity index (χ0v) is 16.3. The van der Waals surface area contributed by atoms with Crippen molar-refractivity contribution in [3.63, 3.8) is 0 Å². The number of fused-ring (bicyclic) bond motifs is 1. The Balaban J connectivity index is 1.51. The van der Waals surface area contributed by atoms with Crippen LogP contribution in [-0.2, 0) is 11.3 Å². The molecule has 4 rings (SSSR count). The van der Waals surface area contributed by atoms with Crippen LogP contribution in [0.5, 0.6) is 5.75 Å². The lowest BCUT2D eigenvalue weighted by Crippen LogP contribution is -2.36. The first kappa shape index (κ1) is 18.1. The van der Waals surface area contributed by atoms with Gasteiger partial charge in [-0.3, -0.25) is 4.79 Å². The number of halogens is 1. The van der Waals surface area contributed by atoms with E-state index in [1.165, 1.54) is 6.07 Å². The minimum absolute atomic E-state index is 0.0782. The Bertz CT molecular complexity index is 1040. The van der Waals surface area contributed by atoms with Crippen molar-refractivity contribution in [2.75, 3.05) is 6.61 Å². The predicted octanol–water partition coefficient (Wildman–Crippen LogP) is 4.39. The van der Waals surface area contributed by atoms with Crippen LogP contribution in [0.2, 0.25) is 5.02 Å². The molecule has 0 N–H and O–H groups in total. The van der Waals surface area contributed by atoms with E-state index >= 15 is 0 Å². The third kappa shape index (κ3) is 4.01. The molecule has 5 nitrogen and oxygen atoms in total. The summed E-state index contributed by atoms with van der Waals surface area (Å²) < 4.78 is 10.9. The van der Waals surface area contributed by atoms with Crippen molar-refractivity contribution >= 4 is 39.8 Å². The molecule has 1 aliphatic rings. The van der Waals surface area contributed by atoms with Crippen LogP contribution in [0.3, 0.4) is 0 Å². The van der Waals surface area contributed by atoms with Crippen LogP contribution in [-0.4, -0.2) is 23.5 Å². The number of rotatable bonds is 6. The second-order valence-corrected chi connectivity index (χ2v) is 7.89. The molecule has 0 saturated heterocycles. The van der Waals surface area contributed by atoms with Gasteiger partial charge in [0.2, 0.25) is 0 Å². The molecular formula is C20H18ClNO4S. The van der Waals surface area contributed by atoms with E-state index in [2.05, 4.69) is 0 Å². The van der Waals surface area contributed by atoms with Gasteiger partial charge in [-0.2, -0.15) is 11.3 Å². The van der Waals surface area contributed by atoms with Crippen molar-refractivity contribution in [2.24, 2.45) is 0 Å². The Morgan fingerprint density at radius 1 is 1.37 bits per heavy atom. The summed E-state index contributed by atoms with van der Waals surface area (Å²) >= 11 is 7.92. The lowest BCUT2D eigenvalue weighted by molar-refractivity contribution is -0.134. The minimum Gasteiger partial charge on any atom is -0.482 e. The first-order valence-corrected chi connectivity index (χ1v) is 10.0. The quantitative estimate of drug-likeness (QED) is 0.573. The largest absolute Gasteiger partial charge is 0.482 e. The van der Waals surface area contributed by atoms with E-state index in [4.69, 9.17) is 20.8 Å². The van der Waals surface area contributed by atoms with Crippen molar-refractivity contribution in [1.29, 1.82) is 0 Å². The highest BCUT2D eigenvalue weighted by Gasteiger charge is 2.32. The van der Waals surface area contributed by atoms with E-state index < -0.39 is 5.63 Å². The van der Waals surface area contributed by atoms with Gasteiger partial charge in [-0.25, -0.2) is 4.79 Å². The molecule has 140 valence electrons. The number of ether oxygens (including phenoxy) is 1. The maximum atomic E-state index is 12.7. The van der Waals surface area contributed by atoms with Gasteiger partial charge in [-0.15, -0.1) is 0 Å². The van der Waals surface area contributed by atoms with Crippen LogP contribution >= 0.6 is 22.9 Å². The molecular weight excluding hydrogens is 386 g/mol. The number of aryl methyl sites for hydroxylation is 1. The molecule has 0 aliphatic heterocycles. The Morgan fingerprint density at radius 3 is 2.89 bits per heavy atom. The molecule has 1 amide bonds. The Labute approximate surface area is 165 Å². The number of amides is 1. The smallest absolute Gasteiger partial charge is 0.336 e. The van der Waals surface area contributed by atoms with Crippen LogP contribution < -0.4 is 10.4 Å². The van der Waals surface area contributed by atoms with Gasteiger partial charge in [0.1, 0.15) is 11.3 Å². The molecule has 3 aromatic rings. The lowest BCUT2D eigenvalue weighted by atomic mass is 10.1. The van der Waals surface area contributed by atoms with Crippen molar-refractivity contribution in [1.82, 2.24) is 4.90 Å². The molecule has 7 heteroatoms. The molecule has 0 spiro atoms. The summed E-state index contributed by atoms with van der Waals surface area (Å²) in [5, 5.41) is 5.18. The molecule has 1 aromatic carbocycles. The molecule has 1 fully saturated rings. The van der Waals surface area contributed by atoms with Gasteiger partial charge in [0.05, 0.1) is 5.02 Å². The van der Waals surface area contributed by atoms with Gasteiger partial charge in [-0.05, 0) is 53.8 Å². The van der Waals surface area contributed by atoms with Crippen molar-refractivity contribution in [3.8, 4) is 5.75 Å². The minimum atomic E-state index is -0.431. The highest BCUT2D eigenvalue weighted by Crippen LogP contribution is 2.32. The van der Waals surface area contributed by atoms with E-state index in [-0.39, 0.29) is 18.6 Å². The SMILES string of the molecule is Cc1cc(=O)oc2cc(OCC(=O)N(Cc3ccsc3)C3CC3)c(Cl)cc12. The normalized spacial score (nSPS) is 13.7. The molecule has 27 heavy (non-hydrogen) atoms. The summed E-state index contributed by atoms with van der Waals surface area (Å²) in [6.45, 7) is 2.30. The molecule has 2 aromatic heterocycles. The molecule has 0 atom stereocenters. The third-order valence-corrected chi connectivity index (χ3v) is 5.62. The number of carbonyl (C=O) groups is 1. The molecule has 2 heterocycles. The van der Waals surface area contributed by atoms with Crippen LogP contribution in [0.15, 0.2) is 44.2 Å². The number of hydrogen-bond donors (Lipinski definition) is 0. The molecule has 0 unspecified atom stereocenters. The summed E-state index contributed by atoms with van der Waals surface area (Å²) in [4.78, 5) is 26.1. The van der Waals surface area contributed by atoms with Crippen LogP contribution in [0.4, 0.5) is 0 Å². The first-order valence-electron chi connectivity index (χ1n) is 8.68. The van der Waals surface area contributed by atoms with Gasteiger partial charge in [-0.1, -0.05) is 11.6 Å². The highest BCUT2D eigenvalue weighted by molar-refractivity contribution is 7.07. The molecule has 0 radical (unpaired) electrons. The zero-order valence-electron chi connectivity index (χ0n) is 14.7. The van der Waals surface area contributed by atoms with Gasteiger partial charge in [0.25, 0.3) is 5.91 Å². The van der Waals surface area contributed by atoms with Gasteiger partial charge >= 0.3 is 5.63 Å². The number of carbonyl (C=O) groups excluding carboxylic acids is 1. The summed E-state index contributed by atoms with van der Waals surface area (Å²) in [5.74, 6) is 0.253. The molecule has 1 saturated carbocycles. The number of hydrogen-bond acceptors (Lipinski definition) is 5. The predicted molar refractivity (Wildman–Crippen MR) is 106 cm³/mol. The average molecular weight is 404 g/mol. The summed E-state index contributed by atoms with van der Waals surface area (Å²) in [6, 6.07) is 6.99. The van der Waals surface area contributed by atoms with Crippen molar-refractivity contribution < 1.29 is 13.9 Å². The second-order valence-electron chi connectivity index (χ2n) is 6.70. The zero-order chi connectivity index (χ0) is 19.0. The van der Waals surface area contributed by atoms with E-state index in [0.29, 0.717) is 22.9 Å². The second kappa shape index (κ2) is 7.37. The maximum absolute atomic E-state index is 12.7. The van der Waals surface area contributed by atoms with E-state index in [0.717, 1.165) is 29.4 Å². The van der Waals surface area contributed by atoms with Crippen molar-refractivity contribution in [3.05, 3.63) is 61.6 Å². The Kier molecular flexibility index (Phi) is 4.93. The summed E-state index contributed by atoms with van der Waals surface area (Å²) in [7, 11) is 0. The van der Waals surface area contributed by atoms with Gasteiger partial charge < -0.3 is 14.1 Å².